The molecule has 0 aromatic rings. The van der Waals surface area contributed by atoms with Crippen LogP contribution in [0.1, 0.15) is 38.5 Å². The number of aliphatic carboxylic acids is 3. The molecule has 0 fully saturated rings. The molecule has 0 saturated carbocycles. The van der Waals surface area contributed by atoms with Crippen LogP contribution in [0.2, 0.25) is 0 Å². The van der Waals surface area contributed by atoms with Crippen LogP contribution < -0.4 is 0 Å². The van der Waals surface area contributed by atoms with Crippen LogP contribution in [-0.2, 0) is 14.4 Å². The van der Waals surface area contributed by atoms with Crippen LogP contribution >= 0.6 is 0 Å². The standard InChI is InChI=1S/C10H15NO8/c12-7(13)1-4-10(11(18)19,5-2-8(14)15)6-3-9(16)17/h1-6H2,(H,12,13)(H,14,15)(H,16,17). The van der Waals surface area contributed by atoms with Gasteiger partial charge in [0.1, 0.15) is 0 Å². The van der Waals surface area contributed by atoms with Crippen molar-refractivity contribution < 1.29 is 34.6 Å². The highest BCUT2D eigenvalue weighted by Gasteiger charge is 2.43. The molecule has 0 rings (SSSR count). The van der Waals surface area contributed by atoms with E-state index < -0.39 is 66.9 Å². The monoisotopic (exact) mass is 277 g/mol. The Morgan fingerprint density at radius 3 is 1.26 bits per heavy atom. The molecule has 19 heavy (non-hydrogen) atoms. The molecule has 0 bridgehead atoms. The van der Waals surface area contributed by atoms with Crippen LogP contribution in [0.5, 0.6) is 0 Å². The molecule has 0 aliphatic heterocycles. The quantitative estimate of drug-likeness (QED) is 0.387. The molecule has 0 amide bonds. The van der Waals surface area contributed by atoms with E-state index in [9.17, 15) is 24.5 Å². The van der Waals surface area contributed by atoms with E-state index in [0.717, 1.165) is 0 Å². The van der Waals surface area contributed by atoms with Crippen LogP contribution in [0.25, 0.3) is 0 Å². The minimum Gasteiger partial charge on any atom is -0.481 e. The number of hydrogen-bond donors (Lipinski definition) is 3. The number of carboxylic acids is 3. The van der Waals surface area contributed by atoms with Crippen molar-refractivity contribution >= 4 is 17.9 Å². The van der Waals surface area contributed by atoms with E-state index in [1.54, 1.807) is 0 Å². The number of nitrogens with zero attached hydrogens (tertiary/aromatic N) is 1. The molecule has 0 aromatic heterocycles. The van der Waals surface area contributed by atoms with Crippen molar-refractivity contribution in [2.45, 2.75) is 44.1 Å². The number of carboxylic acid groups (broad SMARTS) is 3. The molecule has 0 heterocycles. The minimum absolute atomic E-state index is 0.393. The zero-order chi connectivity index (χ0) is 15.1. The van der Waals surface area contributed by atoms with Gasteiger partial charge in [-0.25, -0.2) is 0 Å². The summed E-state index contributed by atoms with van der Waals surface area (Å²) in [5.41, 5.74) is -1.82. The van der Waals surface area contributed by atoms with Gasteiger partial charge in [0.2, 0.25) is 5.54 Å². The largest absolute Gasteiger partial charge is 0.481 e. The third-order valence-electron chi connectivity index (χ3n) is 2.80. The summed E-state index contributed by atoms with van der Waals surface area (Å²) in [4.78, 5) is 41.8. The van der Waals surface area contributed by atoms with Gasteiger partial charge in [0, 0.05) is 24.2 Å². The number of carbonyl (C=O) groups is 3. The van der Waals surface area contributed by atoms with Crippen molar-refractivity contribution in [1.82, 2.24) is 0 Å². The van der Waals surface area contributed by atoms with E-state index in [1.807, 2.05) is 0 Å². The number of rotatable bonds is 10. The first kappa shape index (κ1) is 16.8. The summed E-state index contributed by atoms with van der Waals surface area (Å²) >= 11 is 0. The molecule has 0 atom stereocenters. The Balaban J connectivity index is 4.97. The van der Waals surface area contributed by atoms with Gasteiger partial charge in [-0.2, -0.15) is 0 Å². The summed E-state index contributed by atoms with van der Waals surface area (Å²) < 4.78 is 0. The smallest absolute Gasteiger partial charge is 0.303 e. The maximum absolute atomic E-state index is 11.1. The zero-order valence-electron chi connectivity index (χ0n) is 10.1. The van der Waals surface area contributed by atoms with E-state index in [-0.39, 0.29) is 0 Å². The van der Waals surface area contributed by atoms with Crippen molar-refractivity contribution in [3.8, 4) is 0 Å². The van der Waals surface area contributed by atoms with Gasteiger partial charge in [0.15, 0.2) is 0 Å². The van der Waals surface area contributed by atoms with Crippen LogP contribution in [-0.4, -0.2) is 43.7 Å². The van der Waals surface area contributed by atoms with Gasteiger partial charge >= 0.3 is 17.9 Å². The molecule has 9 heteroatoms. The molecule has 0 saturated heterocycles. The second kappa shape index (κ2) is 7.29. The summed E-state index contributed by atoms with van der Waals surface area (Å²) in [5.74, 6) is -3.76. The highest BCUT2D eigenvalue weighted by Crippen LogP contribution is 2.29. The maximum atomic E-state index is 11.1. The summed E-state index contributed by atoms with van der Waals surface area (Å²) in [6.45, 7) is 0. The minimum atomic E-state index is -1.82. The first-order valence-corrected chi connectivity index (χ1v) is 5.49. The summed E-state index contributed by atoms with van der Waals surface area (Å²) in [5, 5.41) is 36.8. The van der Waals surface area contributed by atoms with E-state index in [1.165, 1.54) is 0 Å². The molecular weight excluding hydrogens is 262 g/mol. The molecule has 0 aliphatic carbocycles. The molecule has 9 nitrogen and oxygen atoms in total. The average Bonchev–Trinajstić information content (AvgIpc) is 2.27. The van der Waals surface area contributed by atoms with Crippen LogP contribution in [0.3, 0.4) is 0 Å². The summed E-state index contributed by atoms with van der Waals surface area (Å²) in [6, 6.07) is 0. The van der Waals surface area contributed by atoms with Crippen molar-refractivity contribution in [2.75, 3.05) is 0 Å². The van der Waals surface area contributed by atoms with Gasteiger partial charge in [-0.15, -0.1) is 0 Å². The summed E-state index contributed by atoms with van der Waals surface area (Å²) in [7, 11) is 0. The van der Waals surface area contributed by atoms with E-state index >= 15 is 0 Å². The van der Waals surface area contributed by atoms with Gasteiger partial charge in [-0.1, -0.05) is 0 Å². The second-order valence-electron chi connectivity index (χ2n) is 4.16. The molecule has 0 unspecified atom stereocenters. The van der Waals surface area contributed by atoms with Gasteiger partial charge < -0.3 is 15.3 Å². The fraction of sp³-hybridized carbons (Fsp3) is 0.700. The normalized spacial score (nSPS) is 10.9. The molecule has 0 spiro atoms. The van der Waals surface area contributed by atoms with Crippen molar-refractivity contribution in [2.24, 2.45) is 0 Å². The number of hydrogen-bond acceptors (Lipinski definition) is 5. The highest BCUT2D eigenvalue weighted by atomic mass is 16.6. The number of nitro groups is 1. The summed E-state index contributed by atoms with van der Waals surface area (Å²) in [6.07, 6.45) is -2.72. The van der Waals surface area contributed by atoms with Gasteiger partial charge in [-0.05, 0) is 0 Å². The Kier molecular flexibility index (Phi) is 6.45. The van der Waals surface area contributed by atoms with Crippen LogP contribution in [0, 0.1) is 10.1 Å². The van der Waals surface area contributed by atoms with Gasteiger partial charge in [0.25, 0.3) is 0 Å². The Morgan fingerprint density at radius 1 is 0.842 bits per heavy atom. The second-order valence-corrected chi connectivity index (χ2v) is 4.16. The predicted octanol–water partition coefficient (Wildman–Crippen LogP) is 0.596. The molecule has 3 N–H and O–H groups in total. The molecule has 0 aromatic carbocycles. The third kappa shape index (κ3) is 6.34. The molecule has 0 radical (unpaired) electrons. The average molecular weight is 277 g/mol. The predicted molar refractivity (Wildman–Crippen MR) is 60.3 cm³/mol. The SMILES string of the molecule is O=C(O)CCC(CCC(=O)O)(CCC(=O)O)[N+](=O)[O-]. The fourth-order valence-electron chi connectivity index (χ4n) is 1.67. The van der Waals surface area contributed by atoms with Crippen molar-refractivity contribution in [3.63, 3.8) is 0 Å². The lowest BCUT2D eigenvalue weighted by atomic mass is 9.84. The lowest BCUT2D eigenvalue weighted by Gasteiger charge is -2.23. The maximum Gasteiger partial charge on any atom is 0.303 e. The fourth-order valence-corrected chi connectivity index (χ4v) is 1.67. The molecule has 0 aliphatic rings. The lowest BCUT2D eigenvalue weighted by molar-refractivity contribution is -0.573. The van der Waals surface area contributed by atoms with E-state index in [2.05, 4.69) is 0 Å². The van der Waals surface area contributed by atoms with E-state index in [4.69, 9.17) is 15.3 Å². The Morgan fingerprint density at radius 2 is 1.11 bits per heavy atom. The van der Waals surface area contributed by atoms with Gasteiger partial charge in [-0.3, -0.25) is 24.5 Å². The molecular formula is C10H15NO8. The Hall–Kier alpha value is -2.19. The third-order valence-corrected chi connectivity index (χ3v) is 2.80. The lowest BCUT2D eigenvalue weighted by Crippen LogP contribution is -2.40. The Labute approximate surface area is 108 Å². The van der Waals surface area contributed by atoms with Crippen molar-refractivity contribution in [1.29, 1.82) is 0 Å². The Bertz CT molecular complexity index is 332. The first-order chi connectivity index (χ1) is 8.69. The highest BCUT2D eigenvalue weighted by molar-refractivity contribution is 5.68. The van der Waals surface area contributed by atoms with Crippen LogP contribution in [0.4, 0.5) is 0 Å². The first-order valence-electron chi connectivity index (χ1n) is 5.49. The van der Waals surface area contributed by atoms with Crippen molar-refractivity contribution in [3.05, 3.63) is 10.1 Å². The van der Waals surface area contributed by atoms with Gasteiger partial charge in [0.05, 0.1) is 19.3 Å². The zero-order valence-corrected chi connectivity index (χ0v) is 10.1. The van der Waals surface area contributed by atoms with E-state index in [0.29, 0.717) is 0 Å². The van der Waals surface area contributed by atoms with Crippen LogP contribution in [0.15, 0.2) is 0 Å². The molecule has 108 valence electrons. The topological polar surface area (TPSA) is 155 Å².